The minimum absolute atomic E-state index is 0.876. The summed E-state index contributed by atoms with van der Waals surface area (Å²) in [5, 5.41) is 7.31. The van der Waals surface area contributed by atoms with Gasteiger partial charge in [0.05, 0.1) is 11.0 Å². The summed E-state index contributed by atoms with van der Waals surface area (Å²) in [7, 11) is 0. The van der Waals surface area contributed by atoms with E-state index in [2.05, 4.69) is 191 Å². The normalized spacial score (nSPS) is 12.0. The smallest absolute Gasteiger partial charge is 0.137 e. The van der Waals surface area contributed by atoms with E-state index in [9.17, 15) is 0 Å². The summed E-state index contributed by atoms with van der Waals surface area (Å²) in [6.45, 7) is 0. The molecule has 3 nitrogen and oxygen atoms in total. The average Bonchev–Trinajstić information content (AvgIpc) is 3.75. The highest BCUT2D eigenvalue weighted by molar-refractivity contribution is 6.18. The lowest BCUT2D eigenvalue weighted by atomic mass is 9.92. The van der Waals surface area contributed by atoms with Gasteiger partial charge in [0.2, 0.25) is 0 Å². The first-order valence-corrected chi connectivity index (χ1v) is 18.8. The monoisotopic (exact) mass is 700 g/mol. The number of benzene rings is 9. The molecule has 1 aliphatic rings. The zero-order valence-electron chi connectivity index (χ0n) is 29.8. The summed E-state index contributed by atoms with van der Waals surface area (Å²) in [5.41, 5.74) is 16.1. The van der Waals surface area contributed by atoms with Gasteiger partial charge in [0.25, 0.3) is 0 Å². The Labute approximate surface area is 317 Å². The zero-order valence-corrected chi connectivity index (χ0v) is 29.8. The maximum Gasteiger partial charge on any atom is 0.137 e. The van der Waals surface area contributed by atoms with Crippen LogP contribution in [-0.2, 0) is 0 Å². The SMILES string of the molecule is c1ccc(N(c2ccc(-n3c4ccccc4c4cc5c(cc43)-c3cccc4cccc(c34)-c3ccccc3-5)cc2)c2ccc3c(c2)oc2ccccc23)cc1. The third kappa shape index (κ3) is 4.44. The van der Waals surface area contributed by atoms with Crippen molar-refractivity contribution in [2.45, 2.75) is 0 Å². The zero-order chi connectivity index (χ0) is 36.0. The average molecular weight is 701 g/mol. The van der Waals surface area contributed by atoms with Crippen molar-refractivity contribution in [1.29, 1.82) is 0 Å². The molecule has 0 atom stereocenters. The van der Waals surface area contributed by atoms with Gasteiger partial charge in [0, 0.05) is 50.4 Å². The van der Waals surface area contributed by atoms with Crippen LogP contribution in [0.5, 0.6) is 0 Å². The Kier molecular flexibility index (Phi) is 6.34. The fourth-order valence-corrected chi connectivity index (χ4v) is 9.11. The molecular weight excluding hydrogens is 669 g/mol. The number of para-hydroxylation sites is 3. The highest BCUT2D eigenvalue weighted by Crippen LogP contribution is 2.50. The maximum absolute atomic E-state index is 6.34. The Morgan fingerprint density at radius 2 is 0.945 bits per heavy atom. The second kappa shape index (κ2) is 11.6. The molecule has 1 aliphatic carbocycles. The van der Waals surface area contributed by atoms with E-state index in [1.165, 1.54) is 66.0 Å². The number of fused-ring (bicyclic) bond motifs is 11. The van der Waals surface area contributed by atoms with Gasteiger partial charge in [-0.1, -0.05) is 115 Å². The molecule has 0 N–H and O–H groups in total. The molecule has 0 unspecified atom stereocenters. The minimum atomic E-state index is 0.876. The standard InChI is InChI=1S/C52H32N2O/c1-2-14-34(15-3-1)53(37-28-29-42-41-19-7-9-23-50(41)55-51(42)30-37)35-24-26-36(27-25-35)54-48-22-8-6-18-40(48)47-31-45-39-17-5-4-16-38(39)43-20-10-12-33-13-11-21-44(52(33)43)46(45)32-49(47)54/h1-32H. The van der Waals surface area contributed by atoms with Gasteiger partial charge in [-0.15, -0.1) is 0 Å². The largest absolute Gasteiger partial charge is 0.456 e. The first kappa shape index (κ1) is 30.1. The van der Waals surface area contributed by atoms with Crippen LogP contribution in [0.25, 0.3) is 93.6 Å². The second-order valence-corrected chi connectivity index (χ2v) is 14.5. The third-order valence-corrected chi connectivity index (χ3v) is 11.5. The lowest BCUT2D eigenvalue weighted by Crippen LogP contribution is -2.09. The van der Waals surface area contributed by atoms with Crippen molar-refractivity contribution in [2.75, 3.05) is 4.90 Å². The number of furan rings is 1. The van der Waals surface area contributed by atoms with Crippen molar-refractivity contribution in [3.05, 3.63) is 194 Å². The molecule has 0 spiro atoms. The molecule has 0 aliphatic heterocycles. The highest BCUT2D eigenvalue weighted by Gasteiger charge is 2.24. The first-order valence-electron chi connectivity index (χ1n) is 18.8. The fourth-order valence-electron chi connectivity index (χ4n) is 9.11. The Hall–Kier alpha value is -7.36. The van der Waals surface area contributed by atoms with Gasteiger partial charge in [0.15, 0.2) is 0 Å². The van der Waals surface area contributed by atoms with E-state index in [1.807, 2.05) is 12.1 Å². The molecule has 0 amide bonds. The molecule has 0 fully saturated rings. The van der Waals surface area contributed by atoms with Crippen molar-refractivity contribution >= 4 is 71.6 Å². The van der Waals surface area contributed by atoms with Crippen molar-refractivity contribution in [3.63, 3.8) is 0 Å². The van der Waals surface area contributed by atoms with Crippen LogP contribution in [0, 0.1) is 0 Å². The number of anilines is 3. The molecular formula is C52H32N2O. The third-order valence-electron chi connectivity index (χ3n) is 11.5. The second-order valence-electron chi connectivity index (χ2n) is 14.5. The molecule has 2 heterocycles. The van der Waals surface area contributed by atoms with Crippen molar-refractivity contribution in [2.24, 2.45) is 0 Å². The summed E-state index contributed by atoms with van der Waals surface area (Å²) in [6.07, 6.45) is 0. The fraction of sp³-hybridized carbons (Fsp3) is 0. The van der Waals surface area contributed by atoms with Gasteiger partial charge in [-0.25, -0.2) is 0 Å². The lowest BCUT2D eigenvalue weighted by Gasteiger charge is -2.25. The predicted molar refractivity (Wildman–Crippen MR) is 230 cm³/mol. The molecule has 11 aromatic rings. The summed E-state index contributed by atoms with van der Waals surface area (Å²) in [4.78, 5) is 2.30. The lowest BCUT2D eigenvalue weighted by molar-refractivity contribution is 0.669. The Morgan fingerprint density at radius 3 is 1.76 bits per heavy atom. The van der Waals surface area contributed by atoms with Gasteiger partial charge in [-0.05, 0) is 117 Å². The van der Waals surface area contributed by atoms with E-state index in [1.54, 1.807) is 0 Å². The van der Waals surface area contributed by atoms with E-state index in [0.29, 0.717) is 0 Å². The quantitative estimate of drug-likeness (QED) is 0.182. The summed E-state index contributed by atoms with van der Waals surface area (Å²) in [6, 6.07) is 70.3. The van der Waals surface area contributed by atoms with E-state index in [4.69, 9.17) is 4.42 Å². The first-order chi connectivity index (χ1) is 27.3. The van der Waals surface area contributed by atoms with E-state index < -0.39 is 0 Å². The molecule has 0 bridgehead atoms. The topological polar surface area (TPSA) is 21.3 Å². The van der Waals surface area contributed by atoms with Crippen LogP contribution >= 0.6 is 0 Å². The number of rotatable bonds is 4. The van der Waals surface area contributed by atoms with Crippen LogP contribution < -0.4 is 4.90 Å². The van der Waals surface area contributed by atoms with Crippen LogP contribution in [0.15, 0.2) is 199 Å². The van der Waals surface area contributed by atoms with E-state index >= 15 is 0 Å². The molecule has 2 aromatic heterocycles. The van der Waals surface area contributed by atoms with Crippen LogP contribution in [0.2, 0.25) is 0 Å². The van der Waals surface area contributed by atoms with Crippen molar-refractivity contribution < 1.29 is 4.42 Å². The number of aromatic nitrogens is 1. The molecule has 55 heavy (non-hydrogen) atoms. The number of hydrogen-bond acceptors (Lipinski definition) is 2. The molecule has 256 valence electrons. The van der Waals surface area contributed by atoms with E-state index in [-0.39, 0.29) is 0 Å². The van der Waals surface area contributed by atoms with Gasteiger partial charge in [-0.2, -0.15) is 0 Å². The Morgan fingerprint density at radius 1 is 0.345 bits per heavy atom. The van der Waals surface area contributed by atoms with Crippen LogP contribution in [0.1, 0.15) is 0 Å². The Balaban J connectivity index is 1.06. The summed E-state index contributed by atoms with van der Waals surface area (Å²) >= 11 is 0. The molecule has 0 saturated heterocycles. The minimum Gasteiger partial charge on any atom is -0.456 e. The van der Waals surface area contributed by atoms with Crippen LogP contribution in [0.3, 0.4) is 0 Å². The van der Waals surface area contributed by atoms with Gasteiger partial charge >= 0.3 is 0 Å². The molecule has 0 saturated carbocycles. The molecule has 9 aromatic carbocycles. The number of nitrogens with zero attached hydrogens (tertiary/aromatic N) is 2. The molecule has 12 rings (SSSR count). The van der Waals surface area contributed by atoms with E-state index in [0.717, 1.165) is 44.7 Å². The summed E-state index contributed by atoms with van der Waals surface area (Å²) in [5.74, 6) is 0. The predicted octanol–water partition coefficient (Wildman–Crippen LogP) is 14.6. The van der Waals surface area contributed by atoms with Gasteiger partial charge in [-0.3, -0.25) is 0 Å². The maximum atomic E-state index is 6.34. The molecule has 0 radical (unpaired) electrons. The van der Waals surface area contributed by atoms with Crippen LogP contribution in [-0.4, -0.2) is 4.57 Å². The Bertz CT molecular complexity index is 3310. The van der Waals surface area contributed by atoms with Crippen LogP contribution in [0.4, 0.5) is 17.1 Å². The van der Waals surface area contributed by atoms with Crippen molar-refractivity contribution in [3.8, 4) is 39.1 Å². The summed E-state index contributed by atoms with van der Waals surface area (Å²) < 4.78 is 8.77. The number of hydrogen-bond donors (Lipinski definition) is 0. The van der Waals surface area contributed by atoms with Gasteiger partial charge < -0.3 is 13.9 Å². The highest BCUT2D eigenvalue weighted by atomic mass is 16.3. The van der Waals surface area contributed by atoms with Crippen molar-refractivity contribution in [1.82, 2.24) is 4.57 Å². The van der Waals surface area contributed by atoms with Gasteiger partial charge in [0.1, 0.15) is 11.2 Å². The molecule has 3 heteroatoms.